The van der Waals surface area contributed by atoms with Crippen LogP contribution in [-0.2, 0) is 6.18 Å². The van der Waals surface area contributed by atoms with Gasteiger partial charge in [0, 0.05) is 12.0 Å². The Morgan fingerprint density at radius 2 is 2.06 bits per heavy atom. The second-order valence-corrected chi connectivity index (χ2v) is 4.68. The summed E-state index contributed by atoms with van der Waals surface area (Å²) in [6, 6.07) is 3.29. The maximum atomic E-state index is 12.5. The van der Waals surface area contributed by atoms with Gasteiger partial charge in [-0.2, -0.15) is 13.2 Å². The third-order valence-electron chi connectivity index (χ3n) is 3.19. The van der Waals surface area contributed by atoms with Gasteiger partial charge < -0.3 is 5.32 Å². The predicted molar refractivity (Wildman–Crippen MR) is 61.5 cm³/mol. The lowest BCUT2D eigenvalue weighted by Crippen LogP contribution is -2.43. The number of alkyl halides is 3. The number of nitrogens with one attached hydrogen (secondary N) is 1. The van der Waals surface area contributed by atoms with E-state index < -0.39 is 11.7 Å². The van der Waals surface area contributed by atoms with Crippen molar-refractivity contribution < 1.29 is 18.0 Å². The fraction of sp³-hybridized carbons (Fsp3) is 0.462. The van der Waals surface area contributed by atoms with Crippen LogP contribution in [0.5, 0.6) is 0 Å². The van der Waals surface area contributed by atoms with E-state index in [2.05, 4.69) is 5.32 Å². The third-order valence-corrected chi connectivity index (χ3v) is 3.19. The summed E-state index contributed by atoms with van der Waals surface area (Å²) in [4.78, 5) is 11.9. The van der Waals surface area contributed by atoms with Crippen molar-refractivity contribution in [3.8, 4) is 0 Å². The van der Waals surface area contributed by atoms with Crippen molar-refractivity contribution in [2.24, 2.45) is 5.92 Å². The summed E-state index contributed by atoms with van der Waals surface area (Å²) in [5.41, 5.74) is 0.0823. The Labute approximate surface area is 103 Å². The summed E-state index contributed by atoms with van der Waals surface area (Å²) in [7, 11) is 0. The van der Waals surface area contributed by atoms with Crippen LogP contribution >= 0.6 is 0 Å². The fourth-order valence-electron chi connectivity index (χ4n) is 2.02. The van der Waals surface area contributed by atoms with E-state index in [0.29, 0.717) is 23.5 Å². The Hall–Kier alpha value is -1.36. The monoisotopic (exact) mass is 257 g/mol. The Balaban J connectivity index is 2.16. The highest BCUT2D eigenvalue weighted by Crippen LogP contribution is 2.30. The van der Waals surface area contributed by atoms with E-state index >= 15 is 0 Å². The molecule has 0 aromatic heterocycles. The van der Waals surface area contributed by atoms with Gasteiger partial charge >= 0.3 is 6.18 Å². The molecule has 0 radical (unpaired) electrons. The Morgan fingerprint density at radius 3 is 2.50 bits per heavy atom. The van der Waals surface area contributed by atoms with E-state index in [1.807, 2.05) is 0 Å². The normalized spacial score (nSPS) is 16.4. The quantitative estimate of drug-likeness (QED) is 0.844. The first-order valence-electron chi connectivity index (χ1n) is 5.79. The maximum absolute atomic E-state index is 12.5. The molecule has 5 heteroatoms. The molecule has 0 amide bonds. The molecule has 1 aliphatic rings. The zero-order chi connectivity index (χ0) is 13.3. The third kappa shape index (κ3) is 2.72. The minimum absolute atomic E-state index is 0.0762. The van der Waals surface area contributed by atoms with E-state index in [9.17, 15) is 18.0 Å². The van der Waals surface area contributed by atoms with Crippen LogP contribution in [0.3, 0.4) is 0 Å². The van der Waals surface area contributed by atoms with E-state index in [4.69, 9.17) is 0 Å². The molecule has 2 nitrogen and oxygen atoms in total. The van der Waals surface area contributed by atoms with Crippen LogP contribution in [0.1, 0.15) is 27.9 Å². The van der Waals surface area contributed by atoms with Crippen LogP contribution in [0.25, 0.3) is 0 Å². The van der Waals surface area contributed by atoms with E-state index in [1.165, 1.54) is 6.07 Å². The van der Waals surface area contributed by atoms with Crippen molar-refractivity contribution in [1.82, 2.24) is 5.32 Å². The number of aryl methyl sites for hydroxylation is 1. The van der Waals surface area contributed by atoms with Crippen LogP contribution in [-0.4, -0.2) is 18.9 Å². The SMILES string of the molecule is Cc1cc(C(F)(F)F)ccc1C(=O)CC1CNC1. The van der Waals surface area contributed by atoms with Crippen LogP contribution in [0.4, 0.5) is 13.2 Å². The van der Waals surface area contributed by atoms with Gasteiger partial charge in [-0.05, 0) is 43.6 Å². The van der Waals surface area contributed by atoms with Gasteiger partial charge in [0.2, 0.25) is 0 Å². The van der Waals surface area contributed by atoms with Gasteiger partial charge in [-0.1, -0.05) is 6.07 Å². The first-order chi connectivity index (χ1) is 8.38. The molecule has 1 saturated heterocycles. The van der Waals surface area contributed by atoms with Crippen molar-refractivity contribution in [3.63, 3.8) is 0 Å². The maximum Gasteiger partial charge on any atom is 0.416 e. The van der Waals surface area contributed by atoms with Crippen molar-refractivity contribution in [1.29, 1.82) is 0 Å². The van der Waals surface area contributed by atoms with E-state index in [0.717, 1.165) is 25.2 Å². The van der Waals surface area contributed by atoms with Gasteiger partial charge in [-0.25, -0.2) is 0 Å². The molecule has 2 rings (SSSR count). The van der Waals surface area contributed by atoms with E-state index in [1.54, 1.807) is 6.92 Å². The highest BCUT2D eigenvalue weighted by molar-refractivity contribution is 5.97. The molecule has 1 N–H and O–H groups in total. The molecule has 0 aliphatic carbocycles. The standard InChI is InChI=1S/C13H14F3NO/c1-8-4-10(13(14,15)16)2-3-11(8)12(18)5-9-6-17-7-9/h2-4,9,17H,5-7H2,1H3. The number of hydrogen-bond donors (Lipinski definition) is 1. The average Bonchev–Trinajstić information content (AvgIpc) is 2.21. The van der Waals surface area contributed by atoms with Gasteiger partial charge in [-0.15, -0.1) is 0 Å². The second-order valence-electron chi connectivity index (χ2n) is 4.68. The molecule has 0 bridgehead atoms. The Bertz CT molecular complexity index is 464. The lowest BCUT2D eigenvalue weighted by Gasteiger charge is -2.26. The average molecular weight is 257 g/mol. The minimum atomic E-state index is -4.36. The minimum Gasteiger partial charge on any atom is -0.316 e. The molecule has 1 aromatic carbocycles. The van der Waals surface area contributed by atoms with Gasteiger partial charge in [0.25, 0.3) is 0 Å². The summed E-state index contributed by atoms with van der Waals surface area (Å²) in [5.74, 6) is 0.243. The highest BCUT2D eigenvalue weighted by atomic mass is 19.4. The summed E-state index contributed by atoms with van der Waals surface area (Å²) in [6.07, 6.45) is -3.95. The number of Topliss-reactive ketones (excluding diaryl/α,β-unsaturated/α-hetero) is 1. The van der Waals surface area contributed by atoms with Crippen molar-refractivity contribution in [2.75, 3.05) is 13.1 Å². The number of hydrogen-bond acceptors (Lipinski definition) is 2. The molecular weight excluding hydrogens is 243 g/mol. The topological polar surface area (TPSA) is 29.1 Å². The van der Waals surface area contributed by atoms with Gasteiger partial charge in [-0.3, -0.25) is 4.79 Å². The van der Waals surface area contributed by atoms with Gasteiger partial charge in [0.05, 0.1) is 5.56 Å². The molecule has 18 heavy (non-hydrogen) atoms. The van der Waals surface area contributed by atoms with Crippen LogP contribution < -0.4 is 5.32 Å². The summed E-state index contributed by atoms with van der Waals surface area (Å²) in [6.45, 7) is 3.17. The number of ketones is 1. The second kappa shape index (κ2) is 4.72. The molecule has 1 fully saturated rings. The van der Waals surface area contributed by atoms with Crippen molar-refractivity contribution in [2.45, 2.75) is 19.5 Å². The molecule has 1 aliphatic heterocycles. The zero-order valence-corrected chi connectivity index (χ0v) is 9.97. The summed E-state index contributed by atoms with van der Waals surface area (Å²) in [5, 5.41) is 3.06. The molecular formula is C13H14F3NO. The summed E-state index contributed by atoms with van der Waals surface area (Å²) >= 11 is 0. The molecule has 1 aromatic rings. The van der Waals surface area contributed by atoms with Crippen molar-refractivity contribution in [3.05, 3.63) is 34.9 Å². The molecule has 98 valence electrons. The molecule has 0 saturated carbocycles. The van der Waals surface area contributed by atoms with Crippen LogP contribution in [0, 0.1) is 12.8 Å². The smallest absolute Gasteiger partial charge is 0.316 e. The number of benzene rings is 1. The molecule has 1 heterocycles. The van der Waals surface area contributed by atoms with E-state index in [-0.39, 0.29) is 5.78 Å². The van der Waals surface area contributed by atoms with Crippen molar-refractivity contribution >= 4 is 5.78 Å². The fourth-order valence-corrected chi connectivity index (χ4v) is 2.02. The summed E-state index contributed by atoms with van der Waals surface area (Å²) < 4.78 is 37.4. The lowest BCUT2D eigenvalue weighted by atomic mass is 9.91. The molecule has 0 unspecified atom stereocenters. The first-order valence-corrected chi connectivity index (χ1v) is 5.79. The Kier molecular flexibility index (Phi) is 3.43. The lowest BCUT2D eigenvalue weighted by molar-refractivity contribution is -0.137. The predicted octanol–water partition coefficient (Wildman–Crippen LogP) is 2.81. The van der Waals surface area contributed by atoms with Crippen LogP contribution in [0.15, 0.2) is 18.2 Å². The molecule has 0 atom stereocenters. The number of carbonyl (C=O) groups excluding carboxylic acids is 1. The van der Waals surface area contributed by atoms with Gasteiger partial charge in [0.15, 0.2) is 5.78 Å². The number of halogens is 3. The Morgan fingerprint density at radius 1 is 1.39 bits per heavy atom. The zero-order valence-electron chi connectivity index (χ0n) is 9.97. The van der Waals surface area contributed by atoms with Gasteiger partial charge in [0.1, 0.15) is 0 Å². The van der Waals surface area contributed by atoms with Crippen LogP contribution in [0.2, 0.25) is 0 Å². The highest BCUT2D eigenvalue weighted by Gasteiger charge is 2.31. The number of rotatable bonds is 3. The first kappa shape index (κ1) is 13.1. The molecule has 0 spiro atoms. The number of carbonyl (C=O) groups is 1. The largest absolute Gasteiger partial charge is 0.416 e.